The Balaban J connectivity index is 3.37. The van der Waals surface area contributed by atoms with E-state index in [1.54, 1.807) is 0 Å². The van der Waals surface area contributed by atoms with Crippen molar-refractivity contribution in [3.05, 3.63) is 0 Å². The van der Waals surface area contributed by atoms with E-state index >= 15 is 0 Å². The second-order valence-corrected chi connectivity index (χ2v) is 2.01. The molecule has 2 N–H and O–H groups in total. The van der Waals surface area contributed by atoms with Crippen LogP contribution in [-0.4, -0.2) is 42.4 Å². The molecule has 0 spiro atoms. The van der Waals surface area contributed by atoms with E-state index in [1.807, 2.05) is 0 Å². The Morgan fingerprint density at radius 1 is 1.70 bits per heavy atom. The van der Waals surface area contributed by atoms with Crippen LogP contribution in [0.2, 0.25) is 0 Å². The second kappa shape index (κ2) is 5.34. The number of Topliss-reactive ketones (excluding diaryl/α,β-unsaturated/α-hetero) is 1. The molecule has 0 radical (unpaired) electrons. The van der Waals surface area contributed by atoms with Gasteiger partial charge in [0.1, 0.15) is 6.61 Å². The zero-order valence-electron chi connectivity index (χ0n) is 5.91. The minimum Gasteiger partial charge on any atom is -0.394 e. The van der Waals surface area contributed by atoms with Gasteiger partial charge in [0.15, 0.2) is 5.78 Å². The number of hydrogen-bond acceptors (Lipinski definition) is 4. The van der Waals surface area contributed by atoms with Crippen molar-refractivity contribution >= 4 is 5.78 Å². The van der Waals surface area contributed by atoms with Crippen molar-refractivity contribution in [1.29, 1.82) is 0 Å². The summed E-state index contributed by atoms with van der Waals surface area (Å²) in [4.78, 5) is 10.6. The predicted octanol–water partition coefficient (Wildman–Crippen LogP) is -1.05. The number of hydrogen-bond donors (Lipinski definition) is 2. The Morgan fingerprint density at radius 2 is 2.30 bits per heavy atom. The average molecular weight is 148 g/mol. The first kappa shape index (κ1) is 9.55. The van der Waals surface area contributed by atoms with Crippen molar-refractivity contribution in [2.45, 2.75) is 12.5 Å². The highest BCUT2D eigenvalue weighted by molar-refractivity contribution is 5.80. The summed E-state index contributed by atoms with van der Waals surface area (Å²) < 4.78 is 4.51. The van der Waals surface area contributed by atoms with Gasteiger partial charge in [0.05, 0.1) is 12.7 Å². The van der Waals surface area contributed by atoms with Gasteiger partial charge in [-0.15, -0.1) is 0 Å². The van der Waals surface area contributed by atoms with Gasteiger partial charge in [-0.1, -0.05) is 0 Å². The van der Waals surface area contributed by atoms with Gasteiger partial charge in [-0.25, -0.2) is 0 Å². The van der Waals surface area contributed by atoms with Crippen LogP contribution in [0.5, 0.6) is 0 Å². The van der Waals surface area contributed by atoms with Crippen LogP contribution in [0.15, 0.2) is 0 Å². The normalized spacial score (nSPS) is 13.1. The van der Waals surface area contributed by atoms with Gasteiger partial charge in [0.2, 0.25) is 0 Å². The molecule has 0 aromatic carbocycles. The van der Waals surface area contributed by atoms with Gasteiger partial charge >= 0.3 is 0 Å². The van der Waals surface area contributed by atoms with E-state index in [4.69, 9.17) is 10.2 Å². The third-order valence-corrected chi connectivity index (χ3v) is 0.979. The lowest BCUT2D eigenvalue weighted by Crippen LogP contribution is -2.19. The molecule has 1 atom stereocenters. The number of aliphatic hydroxyl groups is 2. The minimum absolute atomic E-state index is 0.00292. The van der Waals surface area contributed by atoms with Crippen molar-refractivity contribution in [3.63, 3.8) is 0 Å². The zero-order chi connectivity index (χ0) is 7.98. The van der Waals surface area contributed by atoms with Crippen LogP contribution in [0, 0.1) is 0 Å². The van der Waals surface area contributed by atoms with Crippen LogP contribution in [-0.2, 0) is 9.53 Å². The first-order valence-electron chi connectivity index (χ1n) is 3.00. The van der Waals surface area contributed by atoms with E-state index in [-0.39, 0.29) is 25.4 Å². The number of methoxy groups -OCH3 is 1. The molecule has 0 saturated heterocycles. The predicted molar refractivity (Wildman–Crippen MR) is 34.6 cm³/mol. The van der Waals surface area contributed by atoms with E-state index in [0.29, 0.717) is 0 Å². The van der Waals surface area contributed by atoms with Crippen LogP contribution in [0.3, 0.4) is 0 Å². The lowest BCUT2D eigenvalue weighted by Gasteiger charge is -2.03. The van der Waals surface area contributed by atoms with Crippen molar-refractivity contribution in [3.8, 4) is 0 Å². The highest BCUT2D eigenvalue weighted by Crippen LogP contribution is 1.91. The van der Waals surface area contributed by atoms with E-state index in [2.05, 4.69) is 4.74 Å². The third-order valence-electron chi connectivity index (χ3n) is 0.979. The average Bonchev–Trinajstić information content (AvgIpc) is 1.88. The van der Waals surface area contributed by atoms with E-state index in [9.17, 15) is 4.79 Å². The molecule has 1 unspecified atom stereocenters. The monoisotopic (exact) mass is 148 g/mol. The molecule has 0 aliphatic rings. The van der Waals surface area contributed by atoms with Gasteiger partial charge in [0.25, 0.3) is 0 Å². The molecule has 0 rings (SSSR count). The Kier molecular flexibility index (Phi) is 5.10. The Hall–Kier alpha value is -0.450. The first-order valence-corrected chi connectivity index (χ1v) is 3.00. The SMILES string of the molecule is COCC(=O)CC(O)CO. The standard InChI is InChI=1S/C6H12O4/c1-10-4-6(9)2-5(8)3-7/h5,7-8H,2-4H2,1H3. The Labute approximate surface area is 59.4 Å². The summed E-state index contributed by atoms with van der Waals surface area (Å²) in [7, 11) is 1.41. The molecule has 10 heavy (non-hydrogen) atoms. The van der Waals surface area contributed by atoms with Gasteiger partial charge in [0, 0.05) is 13.5 Å². The lowest BCUT2D eigenvalue weighted by molar-refractivity contribution is -0.125. The molecule has 0 aromatic rings. The molecule has 0 aromatic heterocycles. The summed E-state index contributed by atoms with van der Waals surface area (Å²) in [6, 6.07) is 0. The summed E-state index contributed by atoms with van der Waals surface area (Å²) in [5.74, 6) is -0.205. The molecule has 0 saturated carbocycles. The molecule has 0 aliphatic carbocycles. The Morgan fingerprint density at radius 3 is 2.70 bits per heavy atom. The highest BCUT2D eigenvalue weighted by Gasteiger charge is 2.08. The molecule has 0 fully saturated rings. The lowest BCUT2D eigenvalue weighted by atomic mass is 10.2. The minimum atomic E-state index is -0.942. The number of carbonyl (C=O) groups is 1. The quantitative estimate of drug-likeness (QED) is 0.522. The fraction of sp³-hybridized carbons (Fsp3) is 0.833. The molecule has 4 heteroatoms. The summed E-state index contributed by atoms with van der Waals surface area (Å²) in [6.45, 7) is -0.382. The number of aliphatic hydroxyl groups excluding tert-OH is 2. The van der Waals surface area contributed by atoms with E-state index in [1.165, 1.54) is 7.11 Å². The first-order chi connectivity index (χ1) is 4.70. The van der Waals surface area contributed by atoms with Crippen LogP contribution in [0.25, 0.3) is 0 Å². The molecule has 0 amide bonds. The van der Waals surface area contributed by atoms with Crippen molar-refractivity contribution in [1.82, 2.24) is 0 Å². The summed E-state index contributed by atoms with van der Waals surface area (Å²) in [5, 5.41) is 17.0. The maximum absolute atomic E-state index is 10.6. The molecule has 60 valence electrons. The Bertz CT molecular complexity index is 102. The zero-order valence-corrected chi connectivity index (χ0v) is 5.91. The fourth-order valence-electron chi connectivity index (χ4n) is 0.547. The van der Waals surface area contributed by atoms with Crippen LogP contribution >= 0.6 is 0 Å². The van der Waals surface area contributed by atoms with Crippen LogP contribution in [0.1, 0.15) is 6.42 Å². The summed E-state index contributed by atoms with van der Waals surface area (Å²) >= 11 is 0. The summed E-state index contributed by atoms with van der Waals surface area (Å²) in [5.41, 5.74) is 0. The molecular formula is C6H12O4. The fourth-order valence-corrected chi connectivity index (χ4v) is 0.547. The third kappa shape index (κ3) is 4.43. The van der Waals surface area contributed by atoms with Crippen LogP contribution < -0.4 is 0 Å². The van der Waals surface area contributed by atoms with Crippen molar-refractivity contribution in [2.24, 2.45) is 0 Å². The molecule has 0 heterocycles. The topological polar surface area (TPSA) is 66.8 Å². The highest BCUT2D eigenvalue weighted by atomic mass is 16.5. The molecular weight excluding hydrogens is 136 g/mol. The van der Waals surface area contributed by atoms with Crippen molar-refractivity contribution < 1.29 is 19.7 Å². The molecule has 0 bridgehead atoms. The van der Waals surface area contributed by atoms with Crippen LogP contribution in [0.4, 0.5) is 0 Å². The largest absolute Gasteiger partial charge is 0.394 e. The van der Waals surface area contributed by atoms with Gasteiger partial charge in [-0.3, -0.25) is 4.79 Å². The van der Waals surface area contributed by atoms with Gasteiger partial charge < -0.3 is 14.9 Å². The molecule has 0 aliphatic heterocycles. The van der Waals surface area contributed by atoms with Gasteiger partial charge in [-0.05, 0) is 0 Å². The van der Waals surface area contributed by atoms with E-state index < -0.39 is 6.10 Å². The molecule has 4 nitrogen and oxygen atoms in total. The van der Waals surface area contributed by atoms with Gasteiger partial charge in [-0.2, -0.15) is 0 Å². The van der Waals surface area contributed by atoms with Crippen molar-refractivity contribution in [2.75, 3.05) is 20.3 Å². The smallest absolute Gasteiger partial charge is 0.161 e. The summed E-state index contributed by atoms with van der Waals surface area (Å²) in [6.07, 6.45) is -0.979. The number of carbonyl (C=O) groups excluding carboxylic acids is 1. The number of rotatable bonds is 5. The second-order valence-electron chi connectivity index (χ2n) is 2.01. The maximum atomic E-state index is 10.6. The number of ketones is 1. The van der Waals surface area contributed by atoms with E-state index in [0.717, 1.165) is 0 Å². The number of ether oxygens (including phenoxy) is 1. The maximum Gasteiger partial charge on any atom is 0.161 e.